The number of furan rings is 1. The van der Waals surface area contributed by atoms with E-state index in [1.165, 1.54) is 11.6 Å². The maximum Gasteiger partial charge on any atom is 0.371 e. The third-order valence-corrected chi connectivity index (χ3v) is 3.32. The first kappa shape index (κ1) is 14.2. The molecular weight excluding hydrogens is 256 g/mol. The van der Waals surface area contributed by atoms with E-state index in [2.05, 4.69) is 13.8 Å². The molecule has 1 N–H and O–H groups in total. The molecule has 0 aliphatic rings. The molecular formula is C16H18O4. The van der Waals surface area contributed by atoms with Crippen LogP contribution in [0.25, 0.3) is 0 Å². The minimum absolute atomic E-state index is 0.0734. The van der Waals surface area contributed by atoms with Crippen LogP contribution in [-0.4, -0.2) is 11.1 Å². The lowest BCUT2D eigenvalue weighted by molar-refractivity contribution is 0.0658. The minimum Gasteiger partial charge on any atom is -0.486 e. The Bertz CT molecular complexity index is 568. The quantitative estimate of drug-likeness (QED) is 0.862. The van der Waals surface area contributed by atoms with Crippen molar-refractivity contribution < 1.29 is 19.1 Å². The maximum absolute atomic E-state index is 10.7. The van der Waals surface area contributed by atoms with Crippen LogP contribution in [0, 0.1) is 0 Å². The molecule has 0 saturated carbocycles. The topological polar surface area (TPSA) is 59.7 Å². The van der Waals surface area contributed by atoms with Crippen molar-refractivity contribution in [3.05, 3.63) is 53.5 Å². The lowest BCUT2D eigenvalue weighted by Gasteiger charge is -2.10. The Kier molecular flexibility index (Phi) is 4.45. The molecule has 1 aromatic carbocycles. The maximum atomic E-state index is 10.7. The van der Waals surface area contributed by atoms with Crippen molar-refractivity contribution in [3.8, 4) is 5.75 Å². The second-order valence-corrected chi connectivity index (χ2v) is 4.74. The van der Waals surface area contributed by atoms with Crippen molar-refractivity contribution in [2.45, 2.75) is 32.8 Å². The molecule has 1 aromatic heterocycles. The third kappa shape index (κ3) is 3.41. The summed E-state index contributed by atoms with van der Waals surface area (Å²) in [6.45, 7) is 4.56. The molecule has 0 unspecified atom stereocenters. The number of carboxylic acid groups (broad SMARTS) is 1. The largest absolute Gasteiger partial charge is 0.486 e. The third-order valence-electron chi connectivity index (χ3n) is 3.32. The fraction of sp³-hybridized carbons (Fsp3) is 0.312. The second kappa shape index (κ2) is 6.28. The molecule has 1 heterocycles. The average Bonchev–Trinajstić information content (AvgIpc) is 2.94. The summed E-state index contributed by atoms with van der Waals surface area (Å²) < 4.78 is 10.7. The smallest absolute Gasteiger partial charge is 0.371 e. The number of aromatic carboxylic acids is 1. The number of carbonyl (C=O) groups is 1. The monoisotopic (exact) mass is 274 g/mol. The van der Waals surface area contributed by atoms with E-state index in [4.69, 9.17) is 14.3 Å². The Balaban J connectivity index is 1.94. The van der Waals surface area contributed by atoms with E-state index in [-0.39, 0.29) is 12.4 Å². The van der Waals surface area contributed by atoms with Crippen LogP contribution in [0.4, 0.5) is 0 Å². The first-order valence-corrected chi connectivity index (χ1v) is 6.65. The van der Waals surface area contributed by atoms with Crippen molar-refractivity contribution in [3.63, 3.8) is 0 Å². The predicted octanol–water partition coefficient (Wildman–Crippen LogP) is 4.07. The van der Waals surface area contributed by atoms with Gasteiger partial charge >= 0.3 is 5.97 Å². The lowest BCUT2D eigenvalue weighted by atomic mass is 9.99. The van der Waals surface area contributed by atoms with E-state index < -0.39 is 5.97 Å². The van der Waals surface area contributed by atoms with Crippen LogP contribution in [0.15, 0.2) is 40.8 Å². The molecule has 0 spiro atoms. The van der Waals surface area contributed by atoms with Crippen LogP contribution in [0.1, 0.15) is 48.1 Å². The zero-order valence-corrected chi connectivity index (χ0v) is 11.6. The SMILES string of the molecule is CC[C@@H](C)c1ccc(OCc2ccc(C(=O)O)o2)cc1. The van der Waals surface area contributed by atoms with Gasteiger partial charge in [-0.2, -0.15) is 0 Å². The highest BCUT2D eigenvalue weighted by Gasteiger charge is 2.09. The van der Waals surface area contributed by atoms with Crippen LogP contribution in [0.2, 0.25) is 0 Å². The van der Waals surface area contributed by atoms with Gasteiger partial charge in [0.05, 0.1) is 0 Å². The highest BCUT2D eigenvalue weighted by atomic mass is 16.5. The Hall–Kier alpha value is -2.23. The molecule has 0 aliphatic heterocycles. The molecule has 0 saturated heterocycles. The molecule has 0 radical (unpaired) electrons. The zero-order valence-electron chi connectivity index (χ0n) is 11.6. The summed E-state index contributed by atoms with van der Waals surface area (Å²) in [6, 6.07) is 11.0. The number of hydrogen-bond acceptors (Lipinski definition) is 3. The summed E-state index contributed by atoms with van der Waals surface area (Å²) in [6.07, 6.45) is 1.10. The number of carboxylic acids is 1. The van der Waals surface area contributed by atoms with Gasteiger partial charge < -0.3 is 14.3 Å². The van der Waals surface area contributed by atoms with Crippen molar-refractivity contribution in [1.29, 1.82) is 0 Å². The molecule has 106 valence electrons. The highest BCUT2D eigenvalue weighted by molar-refractivity contribution is 5.84. The molecule has 2 rings (SSSR count). The molecule has 1 atom stereocenters. The van der Waals surface area contributed by atoms with Crippen LogP contribution < -0.4 is 4.74 Å². The van der Waals surface area contributed by atoms with Gasteiger partial charge in [0.15, 0.2) is 0 Å². The van der Waals surface area contributed by atoms with Crippen LogP contribution in [0.3, 0.4) is 0 Å². The molecule has 20 heavy (non-hydrogen) atoms. The molecule has 0 aliphatic carbocycles. The Morgan fingerprint density at radius 3 is 2.50 bits per heavy atom. The van der Waals surface area contributed by atoms with Gasteiger partial charge in [-0.3, -0.25) is 0 Å². The second-order valence-electron chi connectivity index (χ2n) is 4.74. The molecule has 0 fully saturated rings. The van der Waals surface area contributed by atoms with Gasteiger partial charge in [-0.05, 0) is 42.2 Å². The van der Waals surface area contributed by atoms with Crippen LogP contribution in [0.5, 0.6) is 5.75 Å². The van der Waals surface area contributed by atoms with Gasteiger partial charge in [-0.15, -0.1) is 0 Å². The first-order chi connectivity index (χ1) is 9.60. The number of ether oxygens (including phenoxy) is 1. The summed E-state index contributed by atoms with van der Waals surface area (Å²) in [4.78, 5) is 10.7. The van der Waals surface area contributed by atoms with Gasteiger partial charge in [0.25, 0.3) is 0 Å². The van der Waals surface area contributed by atoms with E-state index in [9.17, 15) is 4.79 Å². The van der Waals surface area contributed by atoms with Crippen molar-refractivity contribution in [1.82, 2.24) is 0 Å². The summed E-state index contributed by atoms with van der Waals surface area (Å²) in [7, 11) is 0. The molecule has 0 amide bonds. The van der Waals surface area contributed by atoms with Gasteiger partial charge in [-0.1, -0.05) is 26.0 Å². The molecule has 2 aromatic rings. The van der Waals surface area contributed by atoms with E-state index in [1.807, 2.05) is 24.3 Å². The summed E-state index contributed by atoms with van der Waals surface area (Å²) in [5.41, 5.74) is 1.28. The highest BCUT2D eigenvalue weighted by Crippen LogP contribution is 2.22. The number of hydrogen-bond donors (Lipinski definition) is 1. The molecule has 4 heteroatoms. The van der Waals surface area contributed by atoms with Gasteiger partial charge in [0.2, 0.25) is 5.76 Å². The van der Waals surface area contributed by atoms with E-state index in [1.54, 1.807) is 6.07 Å². The summed E-state index contributed by atoms with van der Waals surface area (Å²) in [5, 5.41) is 8.75. The molecule has 4 nitrogen and oxygen atoms in total. The zero-order chi connectivity index (χ0) is 14.5. The first-order valence-electron chi connectivity index (χ1n) is 6.65. The van der Waals surface area contributed by atoms with Gasteiger partial charge in [0, 0.05) is 0 Å². The van der Waals surface area contributed by atoms with Crippen LogP contribution >= 0.6 is 0 Å². The standard InChI is InChI=1S/C16H18O4/c1-3-11(2)12-4-6-13(7-5-12)19-10-14-8-9-15(20-14)16(17)18/h4-9,11H,3,10H2,1-2H3,(H,17,18)/t11-/m1/s1. The minimum atomic E-state index is -1.07. The van der Waals surface area contributed by atoms with E-state index in [0.29, 0.717) is 11.7 Å². The summed E-state index contributed by atoms with van der Waals surface area (Å²) in [5.74, 6) is 0.621. The van der Waals surface area contributed by atoms with E-state index in [0.717, 1.165) is 12.2 Å². The molecule has 0 bridgehead atoms. The predicted molar refractivity (Wildman–Crippen MR) is 75.1 cm³/mol. The van der Waals surface area contributed by atoms with Crippen molar-refractivity contribution in [2.75, 3.05) is 0 Å². The van der Waals surface area contributed by atoms with Crippen molar-refractivity contribution in [2.24, 2.45) is 0 Å². The number of benzene rings is 1. The van der Waals surface area contributed by atoms with Gasteiger partial charge in [-0.25, -0.2) is 4.79 Å². The van der Waals surface area contributed by atoms with Crippen LogP contribution in [-0.2, 0) is 6.61 Å². The van der Waals surface area contributed by atoms with Gasteiger partial charge in [0.1, 0.15) is 18.1 Å². The summed E-state index contributed by atoms with van der Waals surface area (Å²) >= 11 is 0. The number of rotatable bonds is 6. The average molecular weight is 274 g/mol. The fourth-order valence-electron chi connectivity index (χ4n) is 1.85. The Labute approximate surface area is 118 Å². The lowest BCUT2D eigenvalue weighted by Crippen LogP contribution is -1.96. The van der Waals surface area contributed by atoms with Crippen molar-refractivity contribution >= 4 is 5.97 Å². The Morgan fingerprint density at radius 2 is 1.95 bits per heavy atom. The van der Waals surface area contributed by atoms with E-state index >= 15 is 0 Å². The normalized spacial score (nSPS) is 12.1. The fourth-order valence-corrected chi connectivity index (χ4v) is 1.85. The Morgan fingerprint density at radius 1 is 1.25 bits per heavy atom.